The summed E-state index contributed by atoms with van der Waals surface area (Å²) in [5.41, 5.74) is 0.504. The fraction of sp³-hybridized carbons (Fsp3) is 0.952. The van der Waals surface area contributed by atoms with Crippen molar-refractivity contribution in [3.8, 4) is 0 Å². The number of nitrogens with zero attached hydrogens (tertiary/aromatic N) is 2. The normalized spacial score (nSPS) is 22.3. The Kier molecular flexibility index (Phi) is 13.7. The van der Waals surface area contributed by atoms with Gasteiger partial charge in [-0.15, -0.1) is 0 Å². The van der Waals surface area contributed by atoms with Gasteiger partial charge in [0.2, 0.25) is 0 Å². The molecule has 1 aliphatic carbocycles. The smallest absolute Gasteiger partial charge is 0.302 e. The summed E-state index contributed by atoms with van der Waals surface area (Å²) in [5.74, 6) is 0.781. The Morgan fingerprint density at radius 1 is 1.04 bits per heavy atom. The topological polar surface area (TPSA) is 32.8 Å². The number of carbonyl (C=O) groups is 1. The molecule has 5 heteroatoms. The molecule has 0 bridgehead atoms. The molecule has 26 heavy (non-hydrogen) atoms. The van der Waals surface area contributed by atoms with Crippen LogP contribution in [-0.2, 0) is 9.53 Å². The standard InChI is InChI=1S/C16H28N2O2.2C2H6.CH4S/c1-3-17-6-4-14(5-7-17)10-18-11-16(12-18)8-15(9-16)20-13(2)19;3*1-2/h14-15H,3-12H2,1-2H3;2*1-2H3;2H,1H3. The maximum Gasteiger partial charge on any atom is 0.302 e. The van der Waals surface area contributed by atoms with Crippen molar-refractivity contribution in [2.24, 2.45) is 11.3 Å². The highest BCUT2D eigenvalue weighted by Crippen LogP contribution is 2.49. The Morgan fingerprint density at radius 3 is 1.96 bits per heavy atom. The van der Waals surface area contributed by atoms with Gasteiger partial charge in [0.1, 0.15) is 6.10 Å². The number of carbonyl (C=O) groups excluding carboxylic acids is 1. The summed E-state index contributed by atoms with van der Waals surface area (Å²) in [6, 6.07) is 0. The summed E-state index contributed by atoms with van der Waals surface area (Å²) >= 11 is 3.53. The van der Waals surface area contributed by atoms with Crippen LogP contribution in [0.1, 0.15) is 67.2 Å². The van der Waals surface area contributed by atoms with Crippen LogP contribution >= 0.6 is 12.6 Å². The van der Waals surface area contributed by atoms with Gasteiger partial charge in [0, 0.05) is 32.0 Å². The van der Waals surface area contributed by atoms with E-state index in [0.717, 1.165) is 18.8 Å². The van der Waals surface area contributed by atoms with E-state index in [1.165, 1.54) is 59.0 Å². The molecular weight excluding hydrogens is 344 g/mol. The van der Waals surface area contributed by atoms with Gasteiger partial charge in [-0.3, -0.25) is 4.79 Å². The molecular formula is C21H44N2O2S. The number of piperidine rings is 1. The van der Waals surface area contributed by atoms with Crippen LogP contribution in [0, 0.1) is 11.3 Å². The summed E-state index contributed by atoms with van der Waals surface area (Å²) in [5, 5.41) is 0. The van der Waals surface area contributed by atoms with Gasteiger partial charge in [-0.1, -0.05) is 34.6 Å². The summed E-state index contributed by atoms with van der Waals surface area (Å²) < 4.78 is 5.26. The second-order valence-corrected chi connectivity index (χ2v) is 7.19. The zero-order chi connectivity index (χ0) is 20.2. The van der Waals surface area contributed by atoms with Gasteiger partial charge in [-0.05, 0) is 57.5 Å². The Morgan fingerprint density at radius 2 is 1.54 bits per heavy atom. The molecule has 2 saturated heterocycles. The van der Waals surface area contributed by atoms with Crippen LogP contribution in [0.5, 0.6) is 0 Å². The van der Waals surface area contributed by atoms with Crippen molar-refractivity contribution < 1.29 is 9.53 Å². The highest BCUT2D eigenvalue weighted by molar-refractivity contribution is 7.79. The fourth-order valence-electron chi connectivity index (χ4n) is 4.36. The van der Waals surface area contributed by atoms with Crippen LogP contribution in [0.2, 0.25) is 0 Å². The minimum Gasteiger partial charge on any atom is -0.463 e. The molecule has 2 heterocycles. The number of rotatable bonds is 4. The Bertz CT molecular complexity index is 357. The molecule has 0 N–H and O–H groups in total. The highest BCUT2D eigenvalue weighted by Gasteiger charge is 2.53. The van der Waals surface area contributed by atoms with Gasteiger partial charge in [0.25, 0.3) is 0 Å². The van der Waals surface area contributed by atoms with E-state index in [1.807, 2.05) is 27.7 Å². The van der Waals surface area contributed by atoms with Crippen LogP contribution in [0.3, 0.4) is 0 Å². The molecule has 1 spiro atoms. The maximum absolute atomic E-state index is 10.9. The number of esters is 1. The van der Waals surface area contributed by atoms with Crippen molar-refractivity contribution in [3.05, 3.63) is 0 Å². The summed E-state index contributed by atoms with van der Waals surface area (Å²) in [7, 11) is 0. The lowest BCUT2D eigenvalue weighted by molar-refractivity contribution is -0.175. The van der Waals surface area contributed by atoms with Gasteiger partial charge in [0.05, 0.1) is 0 Å². The average Bonchev–Trinajstić information content (AvgIpc) is 2.63. The van der Waals surface area contributed by atoms with Crippen LogP contribution in [0.4, 0.5) is 0 Å². The maximum atomic E-state index is 10.9. The van der Waals surface area contributed by atoms with Gasteiger partial charge in [-0.2, -0.15) is 12.6 Å². The lowest BCUT2D eigenvalue weighted by atomic mass is 9.61. The second kappa shape index (κ2) is 13.8. The molecule has 0 atom stereocenters. The molecule has 0 aromatic heterocycles. The zero-order valence-electron chi connectivity index (χ0n) is 18.4. The summed E-state index contributed by atoms with van der Waals surface area (Å²) in [6.07, 6.45) is 6.83. The van der Waals surface area contributed by atoms with E-state index < -0.39 is 0 Å². The zero-order valence-corrected chi connectivity index (χ0v) is 19.3. The van der Waals surface area contributed by atoms with E-state index in [0.29, 0.717) is 5.41 Å². The third-order valence-electron chi connectivity index (χ3n) is 5.44. The molecule has 0 amide bonds. The average molecular weight is 389 g/mol. The molecule has 0 radical (unpaired) electrons. The van der Waals surface area contributed by atoms with E-state index in [2.05, 4.69) is 29.4 Å². The quantitative estimate of drug-likeness (QED) is 0.573. The first-order valence-corrected chi connectivity index (χ1v) is 11.5. The monoisotopic (exact) mass is 388 g/mol. The lowest BCUT2D eigenvalue weighted by Crippen LogP contribution is -2.64. The highest BCUT2D eigenvalue weighted by atomic mass is 32.1. The van der Waals surface area contributed by atoms with Crippen molar-refractivity contribution in [2.75, 3.05) is 45.5 Å². The molecule has 0 aromatic carbocycles. The number of likely N-dealkylation sites (tertiary alicyclic amines) is 2. The number of thiol groups is 1. The number of hydrogen-bond acceptors (Lipinski definition) is 5. The van der Waals surface area contributed by atoms with Gasteiger partial charge in [0.15, 0.2) is 0 Å². The second-order valence-electron chi connectivity index (χ2n) is 7.19. The van der Waals surface area contributed by atoms with E-state index in [4.69, 9.17) is 4.74 Å². The van der Waals surface area contributed by atoms with Crippen LogP contribution in [-0.4, -0.2) is 67.4 Å². The third-order valence-corrected chi connectivity index (χ3v) is 5.44. The fourth-order valence-corrected chi connectivity index (χ4v) is 4.36. The Balaban J connectivity index is 0.000000948. The van der Waals surface area contributed by atoms with E-state index >= 15 is 0 Å². The minimum absolute atomic E-state index is 0.122. The Hall–Kier alpha value is -0.260. The van der Waals surface area contributed by atoms with Crippen molar-refractivity contribution in [3.63, 3.8) is 0 Å². The SMILES string of the molecule is CC.CC.CCN1CCC(CN2CC3(CC(OC(C)=O)C3)C2)CC1.CS. The van der Waals surface area contributed by atoms with E-state index in [-0.39, 0.29) is 12.1 Å². The Labute approximate surface area is 168 Å². The predicted molar refractivity (Wildman–Crippen MR) is 116 cm³/mol. The minimum atomic E-state index is -0.122. The first-order chi connectivity index (χ1) is 12.6. The molecule has 0 unspecified atom stereocenters. The molecule has 0 aromatic rings. The van der Waals surface area contributed by atoms with E-state index in [1.54, 1.807) is 6.26 Å². The van der Waals surface area contributed by atoms with Gasteiger partial charge in [-0.25, -0.2) is 0 Å². The first-order valence-electron chi connectivity index (χ1n) is 10.7. The molecule has 4 nitrogen and oxygen atoms in total. The number of hydrogen-bond donors (Lipinski definition) is 1. The first kappa shape index (κ1) is 25.7. The predicted octanol–water partition coefficient (Wildman–Crippen LogP) is 4.34. The van der Waals surface area contributed by atoms with Gasteiger partial charge >= 0.3 is 5.97 Å². The van der Waals surface area contributed by atoms with E-state index in [9.17, 15) is 4.79 Å². The molecule has 2 aliphatic heterocycles. The van der Waals surface area contributed by atoms with Gasteiger partial charge < -0.3 is 14.5 Å². The van der Waals surface area contributed by atoms with Crippen molar-refractivity contribution >= 4 is 18.6 Å². The third kappa shape index (κ3) is 7.77. The molecule has 156 valence electrons. The number of ether oxygens (including phenoxy) is 1. The molecule has 3 aliphatic rings. The lowest BCUT2D eigenvalue weighted by Gasteiger charge is -2.59. The molecule has 3 fully saturated rings. The molecule has 1 saturated carbocycles. The molecule has 3 rings (SSSR count). The van der Waals surface area contributed by atoms with Crippen molar-refractivity contribution in [1.82, 2.24) is 9.80 Å². The summed E-state index contributed by atoms with van der Waals surface area (Å²) in [6.45, 7) is 19.3. The largest absolute Gasteiger partial charge is 0.463 e. The van der Waals surface area contributed by atoms with Crippen LogP contribution in [0.25, 0.3) is 0 Å². The van der Waals surface area contributed by atoms with Crippen molar-refractivity contribution in [2.45, 2.75) is 73.3 Å². The summed E-state index contributed by atoms with van der Waals surface area (Å²) in [4.78, 5) is 16.1. The van der Waals surface area contributed by atoms with Crippen LogP contribution in [0.15, 0.2) is 0 Å². The van der Waals surface area contributed by atoms with Crippen LogP contribution < -0.4 is 0 Å². The van der Waals surface area contributed by atoms with Crippen molar-refractivity contribution in [1.29, 1.82) is 0 Å².